The van der Waals surface area contributed by atoms with Gasteiger partial charge < -0.3 is 5.32 Å². The lowest BCUT2D eigenvalue weighted by Gasteiger charge is -2.19. The van der Waals surface area contributed by atoms with Crippen LogP contribution >= 0.6 is 11.6 Å². The first-order chi connectivity index (χ1) is 18.6. The maximum Gasteiger partial charge on any atom is 0.416 e. The van der Waals surface area contributed by atoms with Gasteiger partial charge in [0, 0.05) is 33.8 Å². The lowest BCUT2D eigenvalue weighted by Crippen LogP contribution is -2.36. The van der Waals surface area contributed by atoms with E-state index in [1.165, 1.54) is 6.07 Å². The SMILES string of the molecule is NS(=O)(=O)c1cc2nc(C(=O)NC3CCS(=O)(=O)C3)c(-c3ccccc3Cl)c(-c3ccc(C(F)(F)F)cc3)n2n1. The molecule has 1 saturated heterocycles. The van der Waals surface area contributed by atoms with E-state index < -0.39 is 48.6 Å². The lowest BCUT2D eigenvalue weighted by molar-refractivity contribution is -0.137. The number of sulfone groups is 1. The summed E-state index contributed by atoms with van der Waals surface area (Å²) in [6.45, 7) is 0. The Bertz CT molecular complexity index is 1880. The number of nitrogens with two attached hydrogens (primary N) is 1. The van der Waals surface area contributed by atoms with Gasteiger partial charge >= 0.3 is 6.18 Å². The maximum absolute atomic E-state index is 13.6. The minimum atomic E-state index is -4.63. The molecular weight excluding hydrogens is 595 g/mol. The highest BCUT2D eigenvalue weighted by atomic mass is 35.5. The van der Waals surface area contributed by atoms with E-state index in [4.69, 9.17) is 16.7 Å². The van der Waals surface area contributed by atoms with Gasteiger partial charge in [-0.3, -0.25) is 4.79 Å². The Morgan fingerprint density at radius 2 is 1.80 bits per heavy atom. The van der Waals surface area contributed by atoms with Crippen molar-refractivity contribution in [2.75, 3.05) is 11.5 Å². The van der Waals surface area contributed by atoms with Gasteiger partial charge in [0.25, 0.3) is 15.9 Å². The van der Waals surface area contributed by atoms with Gasteiger partial charge in [-0.2, -0.15) is 18.3 Å². The second-order valence-electron chi connectivity index (χ2n) is 9.11. The van der Waals surface area contributed by atoms with Gasteiger partial charge in [-0.05, 0) is 24.6 Å². The molecular formula is C24H19ClF3N5O5S2. The molecule has 1 unspecified atom stereocenters. The number of nitrogens with zero attached hydrogens (tertiary/aromatic N) is 3. The number of fused-ring (bicyclic) bond motifs is 1. The van der Waals surface area contributed by atoms with Crippen LogP contribution in [0.4, 0.5) is 13.2 Å². The molecule has 0 spiro atoms. The minimum Gasteiger partial charge on any atom is -0.347 e. The lowest BCUT2D eigenvalue weighted by atomic mass is 9.96. The molecule has 1 aliphatic heterocycles. The number of sulfonamides is 1. The number of alkyl halides is 3. The van der Waals surface area contributed by atoms with E-state index in [-0.39, 0.29) is 56.7 Å². The molecule has 0 bridgehead atoms. The number of hydrogen-bond donors (Lipinski definition) is 2. The van der Waals surface area contributed by atoms with Crippen molar-refractivity contribution >= 4 is 43.0 Å². The predicted molar refractivity (Wildman–Crippen MR) is 140 cm³/mol. The van der Waals surface area contributed by atoms with Crippen molar-refractivity contribution in [2.45, 2.75) is 23.7 Å². The Morgan fingerprint density at radius 1 is 1.12 bits per heavy atom. The molecule has 0 aliphatic carbocycles. The summed E-state index contributed by atoms with van der Waals surface area (Å²) in [6, 6.07) is 10.5. The van der Waals surface area contributed by atoms with Crippen molar-refractivity contribution in [2.24, 2.45) is 5.14 Å². The van der Waals surface area contributed by atoms with Crippen LogP contribution in [0.5, 0.6) is 0 Å². The van der Waals surface area contributed by atoms with E-state index >= 15 is 0 Å². The van der Waals surface area contributed by atoms with E-state index in [2.05, 4.69) is 15.4 Å². The number of hydrogen-bond acceptors (Lipinski definition) is 7. The van der Waals surface area contributed by atoms with E-state index in [1.807, 2.05) is 0 Å². The third-order valence-electron chi connectivity index (χ3n) is 6.28. The Balaban J connectivity index is 1.82. The maximum atomic E-state index is 13.6. The molecule has 2 aromatic heterocycles. The van der Waals surface area contributed by atoms with Gasteiger partial charge in [-0.25, -0.2) is 31.5 Å². The van der Waals surface area contributed by atoms with Crippen molar-refractivity contribution in [3.05, 3.63) is 70.9 Å². The van der Waals surface area contributed by atoms with Crippen LogP contribution in [0, 0.1) is 0 Å². The smallest absolute Gasteiger partial charge is 0.347 e. The van der Waals surface area contributed by atoms with Gasteiger partial charge in [-0.15, -0.1) is 0 Å². The number of primary sulfonamides is 1. The predicted octanol–water partition coefficient (Wildman–Crippen LogP) is 3.30. The van der Waals surface area contributed by atoms with Crippen molar-refractivity contribution in [1.82, 2.24) is 19.9 Å². The van der Waals surface area contributed by atoms with Crippen LogP contribution in [0.15, 0.2) is 59.6 Å². The molecule has 2 aromatic carbocycles. The fourth-order valence-electron chi connectivity index (χ4n) is 4.45. The Labute approximate surface area is 230 Å². The summed E-state index contributed by atoms with van der Waals surface area (Å²) in [7, 11) is -7.70. The average molecular weight is 614 g/mol. The quantitative estimate of drug-likeness (QED) is 0.350. The first-order valence-electron chi connectivity index (χ1n) is 11.5. The van der Waals surface area contributed by atoms with Crippen LogP contribution in [0.25, 0.3) is 28.0 Å². The summed E-state index contributed by atoms with van der Waals surface area (Å²) < 4.78 is 89.1. The topological polar surface area (TPSA) is 154 Å². The van der Waals surface area contributed by atoms with Crippen LogP contribution in [-0.4, -0.2) is 54.9 Å². The average Bonchev–Trinajstić information content (AvgIpc) is 3.45. The second-order valence-corrected chi connectivity index (χ2v) is 13.3. The Hall–Kier alpha value is -3.53. The van der Waals surface area contributed by atoms with Crippen LogP contribution in [0.2, 0.25) is 5.02 Å². The van der Waals surface area contributed by atoms with Gasteiger partial charge in [-0.1, -0.05) is 41.9 Å². The molecule has 3 N–H and O–H groups in total. The van der Waals surface area contributed by atoms with Gasteiger partial charge in [0.15, 0.2) is 20.5 Å². The second kappa shape index (κ2) is 9.83. The highest BCUT2D eigenvalue weighted by molar-refractivity contribution is 7.91. The van der Waals surface area contributed by atoms with E-state index in [9.17, 15) is 34.8 Å². The highest BCUT2D eigenvalue weighted by Gasteiger charge is 2.33. The molecule has 1 fully saturated rings. The molecule has 16 heteroatoms. The number of aromatic nitrogens is 3. The largest absolute Gasteiger partial charge is 0.416 e. The number of rotatable bonds is 5. The third kappa shape index (κ3) is 5.41. The number of benzene rings is 2. The summed E-state index contributed by atoms with van der Waals surface area (Å²) in [5.41, 5.74) is -0.972. The third-order valence-corrected chi connectivity index (χ3v) is 9.16. The van der Waals surface area contributed by atoms with Gasteiger partial charge in [0.2, 0.25) is 0 Å². The van der Waals surface area contributed by atoms with Crippen molar-refractivity contribution in [3.63, 3.8) is 0 Å². The van der Waals surface area contributed by atoms with Crippen LogP contribution in [0.3, 0.4) is 0 Å². The molecule has 0 radical (unpaired) electrons. The van der Waals surface area contributed by atoms with E-state index in [0.717, 1.165) is 34.8 Å². The monoisotopic (exact) mass is 613 g/mol. The molecule has 0 saturated carbocycles. The van der Waals surface area contributed by atoms with Crippen molar-refractivity contribution in [3.8, 4) is 22.4 Å². The van der Waals surface area contributed by atoms with E-state index in [0.29, 0.717) is 0 Å². The molecule has 5 rings (SSSR count). The summed E-state index contributed by atoms with van der Waals surface area (Å²) in [6.07, 6.45) is -4.46. The zero-order valence-corrected chi connectivity index (χ0v) is 22.6. The number of carbonyl (C=O) groups is 1. The molecule has 4 aromatic rings. The fraction of sp³-hybridized carbons (Fsp3) is 0.208. The first kappa shape index (κ1) is 28.0. The van der Waals surface area contributed by atoms with Crippen LogP contribution < -0.4 is 10.5 Å². The molecule has 1 aliphatic rings. The molecule has 1 amide bonds. The number of carbonyl (C=O) groups excluding carboxylic acids is 1. The zero-order valence-electron chi connectivity index (χ0n) is 20.2. The normalized spacial score (nSPS) is 17.3. The summed E-state index contributed by atoms with van der Waals surface area (Å²) in [4.78, 5) is 17.9. The van der Waals surface area contributed by atoms with Crippen LogP contribution in [-0.2, 0) is 26.0 Å². The highest BCUT2D eigenvalue weighted by Crippen LogP contribution is 2.40. The Morgan fingerprint density at radius 3 is 2.38 bits per heavy atom. The molecule has 1 atom stereocenters. The summed E-state index contributed by atoms with van der Waals surface area (Å²) >= 11 is 6.48. The minimum absolute atomic E-state index is 0.00548. The fourth-order valence-corrected chi connectivity index (χ4v) is 6.82. The van der Waals surface area contributed by atoms with Crippen LogP contribution in [0.1, 0.15) is 22.5 Å². The molecule has 10 nitrogen and oxygen atoms in total. The van der Waals surface area contributed by atoms with Gasteiger partial charge in [0.05, 0.1) is 22.8 Å². The van der Waals surface area contributed by atoms with E-state index in [1.54, 1.807) is 18.2 Å². The molecule has 40 heavy (non-hydrogen) atoms. The molecule has 210 valence electrons. The van der Waals surface area contributed by atoms with Crippen molar-refractivity contribution < 1.29 is 34.8 Å². The zero-order chi connectivity index (χ0) is 29.0. The summed E-state index contributed by atoms with van der Waals surface area (Å²) in [5, 5.41) is 11.5. The number of amides is 1. The molecule has 3 heterocycles. The summed E-state index contributed by atoms with van der Waals surface area (Å²) in [5.74, 6) is -1.19. The number of nitrogens with one attached hydrogen (secondary N) is 1. The number of halogens is 4. The first-order valence-corrected chi connectivity index (χ1v) is 15.3. The Kier molecular flexibility index (Phi) is 6.89. The standard InChI is InChI=1S/C24H19ClF3N5O5S2/c25-17-4-2-1-3-16(17)20-21(23(34)30-15-9-10-39(35,36)12-15)31-18-11-19(40(29,37)38)32-33(18)22(20)13-5-7-14(8-6-13)24(26,27)28/h1-8,11,15H,9-10,12H2,(H,30,34)(H2,29,37,38). The van der Waals surface area contributed by atoms with Gasteiger partial charge in [0.1, 0.15) is 5.69 Å². The van der Waals surface area contributed by atoms with Crippen molar-refractivity contribution in [1.29, 1.82) is 0 Å².